The molecule has 10 heteroatoms. The molecule has 0 saturated carbocycles. The van der Waals surface area contributed by atoms with Crippen LogP contribution in [0.1, 0.15) is 41.5 Å². The summed E-state index contributed by atoms with van der Waals surface area (Å²) >= 11 is 3.03. The highest BCUT2D eigenvalue weighted by molar-refractivity contribution is 8.17. The topological polar surface area (TPSA) is 105 Å². The Balaban J connectivity index is 5.92. The number of carbonyl (C=O) groups is 4. The minimum absolute atomic E-state index is 0.274. The summed E-state index contributed by atoms with van der Waals surface area (Å²) in [5, 5.41) is 0. The van der Waals surface area contributed by atoms with Gasteiger partial charge in [0.1, 0.15) is 6.61 Å². The maximum atomic E-state index is 11.7. The van der Waals surface area contributed by atoms with Crippen LogP contribution in [0.5, 0.6) is 0 Å². The highest BCUT2D eigenvalue weighted by Gasteiger charge is 2.42. The second kappa shape index (κ2) is 13.7. The summed E-state index contributed by atoms with van der Waals surface area (Å²) in [4.78, 5) is 46.1. The second-order valence-electron chi connectivity index (χ2n) is 5.38. The first-order valence-corrected chi connectivity index (χ1v) is 10.6. The van der Waals surface area contributed by atoms with Gasteiger partial charge in [-0.15, -0.1) is 23.5 Å². The average Bonchev–Trinajstić information content (AvgIpc) is 2.53. The zero-order valence-electron chi connectivity index (χ0n) is 16.5. The Bertz CT molecular complexity index is 505. The van der Waals surface area contributed by atoms with E-state index in [1.165, 1.54) is 51.2 Å². The fraction of sp³-hybridized carbons (Fsp3) is 0.765. The lowest BCUT2D eigenvalue weighted by molar-refractivity contribution is -0.187. The molecule has 0 fully saturated rings. The summed E-state index contributed by atoms with van der Waals surface area (Å²) in [5.74, 6) is -0.980. The van der Waals surface area contributed by atoms with Gasteiger partial charge in [0.05, 0.1) is 4.58 Å². The summed E-state index contributed by atoms with van der Waals surface area (Å²) in [6, 6.07) is 0. The van der Waals surface area contributed by atoms with E-state index in [9.17, 15) is 19.2 Å². The third-order valence-electron chi connectivity index (χ3n) is 2.99. The Labute approximate surface area is 168 Å². The van der Waals surface area contributed by atoms with Crippen molar-refractivity contribution in [3.63, 3.8) is 0 Å². The van der Waals surface area contributed by atoms with Crippen molar-refractivity contribution in [1.82, 2.24) is 0 Å². The third-order valence-corrected chi connectivity index (χ3v) is 5.67. The van der Waals surface area contributed by atoms with E-state index in [0.29, 0.717) is 0 Å². The van der Waals surface area contributed by atoms with Crippen LogP contribution in [0.15, 0.2) is 0 Å². The van der Waals surface area contributed by atoms with Crippen molar-refractivity contribution in [3.05, 3.63) is 0 Å². The molecular formula is C17H28O8S2. The number of rotatable bonds is 12. The maximum absolute atomic E-state index is 11.7. The standard InChI is InChI=1S/C17H28O8S2/c1-7-26-17(27-8-2)16(25-13(6)21)15(24-12(5)20)14(23-11(4)19)9-22-10(3)18/h14-17H,7-9H2,1-6H3/t14-,15-,16-/m1/s1. The predicted molar refractivity (Wildman–Crippen MR) is 103 cm³/mol. The van der Waals surface area contributed by atoms with Crippen LogP contribution in [-0.4, -0.2) is 64.9 Å². The van der Waals surface area contributed by atoms with Crippen LogP contribution in [0.25, 0.3) is 0 Å². The minimum atomic E-state index is -1.13. The van der Waals surface area contributed by atoms with E-state index in [0.717, 1.165) is 11.5 Å². The van der Waals surface area contributed by atoms with Crippen LogP contribution < -0.4 is 0 Å². The fourth-order valence-corrected chi connectivity index (χ4v) is 4.85. The Morgan fingerprint density at radius 3 is 1.52 bits per heavy atom. The molecule has 0 amide bonds. The lowest BCUT2D eigenvalue weighted by atomic mass is 10.1. The molecule has 0 aliphatic rings. The van der Waals surface area contributed by atoms with Gasteiger partial charge in [-0.05, 0) is 11.5 Å². The van der Waals surface area contributed by atoms with E-state index in [1.54, 1.807) is 0 Å². The molecule has 0 rings (SSSR count). The van der Waals surface area contributed by atoms with Gasteiger partial charge in [-0.3, -0.25) is 19.2 Å². The number of hydrogen-bond acceptors (Lipinski definition) is 10. The van der Waals surface area contributed by atoms with E-state index in [-0.39, 0.29) is 11.2 Å². The molecule has 0 aromatic carbocycles. The van der Waals surface area contributed by atoms with Gasteiger partial charge in [0.15, 0.2) is 18.3 Å². The van der Waals surface area contributed by atoms with Crippen LogP contribution in [-0.2, 0) is 38.1 Å². The summed E-state index contributed by atoms with van der Waals surface area (Å²) < 4.78 is 20.7. The van der Waals surface area contributed by atoms with Crippen molar-refractivity contribution in [2.24, 2.45) is 0 Å². The predicted octanol–water partition coefficient (Wildman–Crippen LogP) is 2.18. The van der Waals surface area contributed by atoms with Crippen molar-refractivity contribution >= 4 is 47.4 Å². The van der Waals surface area contributed by atoms with Crippen molar-refractivity contribution in [3.8, 4) is 0 Å². The van der Waals surface area contributed by atoms with Crippen molar-refractivity contribution in [2.75, 3.05) is 18.1 Å². The first-order valence-electron chi connectivity index (χ1n) is 8.50. The van der Waals surface area contributed by atoms with Gasteiger partial charge in [-0.2, -0.15) is 0 Å². The first kappa shape index (κ1) is 25.6. The van der Waals surface area contributed by atoms with E-state index < -0.39 is 42.2 Å². The molecule has 27 heavy (non-hydrogen) atoms. The smallest absolute Gasteiger partial charge is 0.303 e. The van der Waals surface area contributed by atoms with Gasteiger partial charge in [0.25, 0.3) is 0 Å². The normalized spacial score (nSPS) is 14.0. The zero-order chi connectivity index (χ0) is 21.0. The number of thioether (sulfide) groups is 2. The molecule has 3 atom stereocenters. The number of carbonyl (C=O) groups excluding carboxylic acids is 4. The second-order valence-corrected chi connectivity index (χ2v) is 8.51. The lowest BCUT2D eigenvalue weighted by Crippen LogP contribution is -2.50. The van der Waals surface area contributed by atoms with E-state index in [2.05, 4.69) is 0 Å². The first-order chi connectivity index (χ1) is 12.6. The highest BCUT2D eigenvalue weighted by atomic mass is 32.2. The fourth-order valence-electron chi connectivity index (χ4n) is 2.19. The minimum Gasteiger partial charge on any atom is -0.462 e. The van der Waals surface area contributed by atoms with Gasteiger partial charge in [-0.25, -0.2) is 0 Å². The zero-order valence-corrected chi connectivity index (χ0v) is 18.1. The van der Waals surface area contributed by atoms with Crippen LogP contribution >= 0.6 is 23.5 Å². The van der Waals surface area contributed by atoms with Crippen molar-refractivity contribution in [1.29, 1.82) is 0 Å². The van der Waals surface area contributed by atoms with Crippen molar-refractivity contribution < 1.29 is 38.1 Å². The quantitative estimate of drug-likeness (QED) is 0.263. The van der Waals surface area contributed by atoms with E-state index in [1.807, 2.05) is 13.8 Å². The van der Waals surface area contributed by atoms with Gasteiger partial charge >= 0.3 is 23.9 Å². The van der Waals surface area contributed by atoms with Gasteiger partial charge in [0.2, 0.25) is 0 Å². The Morgan fingerprint density at radius 1 is 0.704 bits per heavy atom. The SMILES string of the molecule is CCSC(SCC)[C@H](OC(C)=O)[C@H](OC(C)=O)[C@@H](COC(C)=O)OC(C)=O. The maximum Gasteiger partial charge on any atom is 0.303 e. The number of esters is 4. The van der Waals surface area contributed by atoms with E-state index >= 15 is 0 Å². The Kier molecular flexibility index (Phi) is 13.0. The molecule has 156 valence electrons. The monoisotopic (exact) mass is 424 g/mol. The van der Waals surface area contributed by atoms with Gasteiger partial charge < -0.3 is 18.9 Å². The molecule has 0 unspecified atom stereocenters. The van der Waals surface area contributed by atoms with Crippen LogP contribution in [0.4, 0.5) is 0 Å². The molecule has 0 aliphatic heterocycles. The van der Waals surface area contributed by atoms with Crippen LogP contribution in [0.3, 0.4) is 0 Å². The Hall–Kier alpha value is -1.42. The number of ether oxygens (including phenoxy) is 4. The summed E-state index contributed by atoms with van der Waals surface area (Å²) in [6.45, 7) is 8.40. The molecule has 0 aliphatic carbocycles. The number of hydrogen-bond donors (Lipinski definition) is 0. The van der Waals surface area contributed by atoms with Crippen LogP contribution in [0, 0.1) is 0 Å². The van der Waals surface area contributed by atoms with Gasteiger partial charge in [-0.1, -0.05) is 13.8 Å². The molecule has 8 nitrogen and oxygen atoms in total. The van der Waals surface area contributed by atoms with Gasteiger partial charge in [0, 0.05) is 27.7 Å². The van der Waals surface area contributed by atoms with E-state index in [4.69, 9.17) is 18.9 Å². The average molecular weight is 425 g/mol. The molecule has 0 bridgehead atoms. The van der Waals surface area contributed by atoms with Crippen LogP contribution in [0.2, 0.25) is 0 Å². The molecule has 0 aromatic rings. The highest BCUT2D eigenvalue weighted by Crippen LogP contribution is 2.32. The molecule has 0 spiro atoms. The van der Waals surface area contributed by atoms with Crippen molar-refractivity contribution in [2.45, 2.75) is 64.4 Å². The molecular weight excluding hydrogens is 396 g/mol. The molecule has 0 saturated heterocycles. The summed E-state index contributed by atoms with van der Waals surface area (Å²) in [6.07, 6.45) is -3.14. The summed E-state index contributed by atoms with van der Waals surface area (Å²) in [5.41, 5.74) is 0. The third kappa shape index (κ3) is 11.1. The lowest BCUT2D eigenvalue weighted by Gasteiger charge is -2.35. The summed E-state index contributed by atoms with van der Waals surface area (Å²) in [7, 11) is 0. The molecule has 0 aromatic heterocycles. The molecule has 0 heterocycles. The Morgan fingerprint density at radius 2 is 1.15 bits per heavy atom. The largest absolute Gasteiger partial charge is 0.462 e. The molecule has 0 N–H and O–H groups in total. The molecule has 0 radical (unpaired) electrons.